The van der Waals surface area contributed by atoms with Gasteiger partial charge in [-0.3, -0.25) is 0 Å². The van der Waals surface area contributed by atoms with E-state index in [1.807, 2.05) is 0 Å². The molecule has 0 aromatic heterocycles. The summed E-state index contributed by atoms with van der Waals surface area (Å²) in [4.78, 5) is 0. The minimum absolute atomic E-state index is 0.218. The van der Waals surface area contributed by atoms with Gasteiger partial charge in [-0.25, -0.2) is 0 Å². The Balaban J connectivity index is 2.32. The van der Waals surface area contributed by atoms with Gasteiger partial charge in [-0.2, -0.15) is 0 Å². The first-order valence-electron chi connectivity index (χ1n) is 7.17. The van der Waals surface area contributed by atoms with Gasteiger partial charge in [-0.15, -0.1) is 0 Å². The molecule has 0 saturated heterocycles. The smallest absolute Gasteiger partial charge is 0.0724 e. The molecule has 0 heterocycles. The quantitative estimate of drug-likeness (QED) is 0.721. The number of ether oxygens (including phenoxy) is 1. The zero-order valence-electron chi connectivity index (χ0n) is 11.6. The van der Waals surface area contributed by atoms with E-state index in [2.05, 4.69) is 19.2 Å². The first kappa shape index (κ1) is 14.9. The Hall–Kier alpha value is -0.120. The van der Waals surface area contributed by atoms with Crippen LogP contribution in [0.5, 0.6) is 0 Å². The van der Waals surface area contributed by atoms with Crippen LogP contribution >= 0.6 is 0 Å². The summed E-state index contributed by atoms with van der Waals surface area (Å²) in [5.41, 5.74) is 0. The lowest BCUT2D eigenvalue weighted by Gasteiger charge is -2.32. The highest BCUT2D eigenvalue weighted by molar-refractivity contribution is 4.83. The third kappa shape index (κ3) is 4.57. The van der Waals surface area contributed by atoms with Gasteiger partial charge in [-0.05, 0) is 18.8 Å². The van der Waals surface area contributed by atoms with Gasteiger partial charge in [0.15, 0.2) is 0 Å². The fourth-order valence-electron chi connectivity index (χ4n) is 2.88. The summed E-state index contributed by atoms with van der Waals surface area (Å²) in [5.74, 6) is 0.423. The molecule has 2 N–H and O–H groups in total. The molecule has 0 amide bonds. The highest BCUT2D eigenvalue weighted by atomic mass is 16.5. The normalized spacial score (nSPS) is 27.4. The van der Waals surface area contributed by atoms with Crippen molar-refractivity contribution in [3.63, 3.8) is 0 Å². The van der Waals surface area contributed by atoms with Crippen LogP contribution in [-0.2, 0) is 4.74 Å². The maximum atomic E-state index is 10.1. The maximum absolute atomic E-state index is 10.1. The van der Waals surface area contributed by atoms with Crippen molar-refractivity contribution in [2.75, 3.05) is 13.7 Å². The number of hydrogen-bond acceptors (Lipinski definition) is 3. The third-order valence-corrected chi connectivity index (χ3v) is 4.19. The molecule has 1 rings (SSSR count). The number of aliphatic hydroxyl groups is 1. The van der Waals surface area contributed by atoms with Crippen LogP contribution in [0.4, 0.5) is 0 Å². The van der Waals surface area contributed by atoms with E-state index in [9.17, 15) is 5.11 Å². The molecule has 0 aliphatic heterocycles. The van der Waals surface area contributed by atoms with E-state index in [1.54, 1.807) is 7.11 Å². The van der Waals surface area contributed by atoms with Crippen LogP contribution in [0.15, 0.2) is 0 Å². The zero-order chi connectivity index (χ0) is 12.7. The Bertz CT molecular complexity index is 195. The van der Waals surface area contributed by atoms with Crippen molar-refractivity contribution in [2.24, 2.45) is 5.92 Å². The molecule has 1 aliphatic rings. The average Bonchev–Trinajstić information content (AvgIpc) is 2.38. The Labute approximate surface area is 106 Å². The summed E-state index contributed by atoms with van der Waals surface area (Å²) in [6.45, 7) is 5.00. The SMILES string of the molecule is CCC(CC)C(O)CNC1CCCCC1OC. The largest absolute Gasteiger partial charge is 0.392 e. The Morgan fingerprint density at radius 3 is 2.47 bits per heavy atom. The standard InChI is InChI=1S/C14H29NO2/c1-4-11(5-2)13(16)10-15-12-8-6-7-9-14(12)17-3/h11-16H,4-10H2,1-3H3. The molecule has 1 aliphatic carbocycles. The van der Waals surface area contributed by atoms with E-state index >= 15 is 0 Å². The highest BCUT2D eigenvalue weighted by Crippen LogP contribution is 2.21. The van der Waals surface area contributed by atoms with Gasteiger partial charge in [0.1, 0.15) is 0 Å². The number of aliphatic hydroxyl groups excluding tert-OH is 1. The van der Waals surface area contributed by atoms with Gasteiger partial charge < -0.3 is 15.2 Å². The summed E-state index contributed by atoms with van der Waals surface area (Å²) in [5, 5.41) is 13.6. The molecule has 3 unspecified atom stereocenters. The van der Waals surface area contributed by atoms with Crippen molar-refractivity contribution in [2.45, 2.75) is 70.6 Å². The van der Waals surface area contributed by atoms with Crippen molar-refractivity contribution in [3.8, 4) is 0 Å². The molecule has 102 valence electrons. The highest BCUT2D eigenvalue weighted by Gasteiger charge is 2.25. The summed E-state index contributed by atoms with van der Waals surface area (Å²) in [7, 11) is 1.79. The van der Waals surface area contributed by atoms with Crippen molar-refractivity contribution in [1.29, 1.82) is 0 Å². The molecule has 0 bridgehead atoms. The first-order chi connectivity index (χ1) is 8.22. The number of methoxy groups -OCH3 is 1. The molecule has 3 heteroatoms. The van der Waals surface area contributed by atoms with Crippen LogP contribution < -0.4 is 5.32 Å². The Morgan fingerprint density at radius 2 is 1.88 bits per heavy atom. The average molecular weight is 243 g/mol. The topological polar surface area (TPSA) is 41.5 Å². The summed E-state index contributed by atoms with van der Waals surface area (Å²) in [6, 6.07) is 0.428. The predicted octanol–water partition coefficient (Wildman–Crippen LogP) is 2.33. The van der Waals surface area contributed by atoms with Gasteiger partial charge in [-0.1, -0.05) is 39.5 Å². The van der Waals surface area contributed by atoms with E-state index in [1.165, 1.54) is 19.3 Å². The second-order valence-electron chi connectivity index (χ2n) is 5.22. The molecular formula is C14H29NO2. The van der Waals surface area contributed by atoms with Crippen LogP contribution in [0, 0.1) is 5.92 Å². The third-order valence-electron chi connectivity index (χ3n) is 4.19. The summed E-state index contributed by atoms with van der Waals surface area (Å²) >= 11 is 0. The molecule has 1 saturated carbocycles. The summed E-state index contributed by atoms with van der Waals surface area (Å²) in [6.07, 6.45) is 7.09. The van der Waals surface area contributed by atoms with E-state index in [4.69, 9.17) is 4.74 Å². The second-order valence-corrected chi connectivity index (χ2v) is 5.22. The van der Waals surface area contributed by atoms with Gasteiger partial charge in [0.05, 0.1) is 12.2 Å². The maximum Gasteiger partial charge on any atom is 0.0724 e. The molecule has 17 heavy (non-hydrogen) atoms. The van der Waals surface area contributed by atoms with E-state index in [0.717, 1.165) is 19.3 Å². The predicted molar refractivity (Wildman–Crippen MR) is 71.1 cm³/mol. The molecule has 0 radical (unpaired) electrons. The van der Waals surface area contributed by atoms with Crippen molar-refractivity contribution < 1.29 is 9.84 Å². The van der Waals surface area contributed by atoms with Crippen LogP contribution in [0.3, 0.4) is 0 Å². The van der Waals surface area contributed by atoms with Crippen molar-refractivity contribution in [1.82, 2.24) is 5.32 Å². The fraction of sp³-hybridized carbons (Fsp3) is 1.00. The Kier molecular flexibility index (Phi) is 7.09. The molecule has 0 aromatic rings. The van der Waals surface area contributed by atoms with Crippen molar-refractivity contribution >= 4 is 0 Å². The lowest BCUT2D eigenvalue weighted by molar-refractivity contribution is 0.0309. The lowest BCUT2D eigenvalue weighted by Crippen LogP contribution is -2.46. The number of hydrogen-bond donors (Lipinski definition) is 2. The molecule has 0 aromatic carbocycles. The first-order valence-corrected chi connectivity index (χ1v) is 7.17. The molecule has 1 fully saturated rings. The van der Waals surface area contributed by atoms with Gasteiger partial charge in [0.2, 0.25) is 0 Å². The molecule has 3 nitrogen and oxygen atoms in total. The van der Waals surface area contributed by atoms with Crippen LogP contribution in [0.1, 0.15) is 52.4 Å². The van der Waals surface area contributed by atoms with Gasteiger partial charge in [0.25, 0.3) is 0 Å². The van der Waals surface area contributed by atoms with Crippen LogP contribution in [0.2, 0.25) is 0 Å². The van der Waals surface area contributed by atoms with Crippen molar-refractivity contribution in [3.05, 3.63) is 0 Å². The lowest BCUT2D eigenvalue weighted by atomic mass is 9.91. The molecular weight excluding hydrogens is 214 g/mol. The monoisotopic (exact) mass is 243 g/mol. The van der Waals surface area contributed by atoms with Gasteiger partial charge in [0, 0.05) is 19.7 Å². The Morgan fingerprint density at radius 1 is 1.24 bits per heavy atom. The van der Waals surface area contributed by atoms with Crippen LogP contribution in [-0.4, -0.2) is 37.0 Å². The zero-order valence-corrected chi connectivity index (χ0v) is 11.6. The minimum Gasteiger partial charge on any atom is -0.392 e. The fourth-order valence-corrected chi connectivity index (χ4v) is 2.88. The molecule has 3 atom stereocenters. The number of rotatable bonds is 7. The van der Waals surface area contributed by atoms with E-state index < -0.39 is 0 Å². The van der Waals surface area contributed by atoms with Gasteiger partial charge >= 0.3 is 0 Å². The van der Waals surface area contributed by atoms with E-state index in [0.29, 0.717) is 24.6 Å². The number of nitrogens with one attached hydrogen (secondary N) is 1. The summed E-state index contributed by atoms with van der Waals surface area (Å²) < 4.78 is 5.51. The minimum atomic E-state index is -0.218. The van der Waals surface area contributed by atoms with Crippen LogP contribution in [0.25, 0.3) is 0 Å². The molecule has 0 spiro atoms. The second kappa shape index (κ2) is 8.06. The van der Waals surface area contributed by atoms with E-state index in [-0.39, 0.29) is 6.10 Å².